The first kappa shape index (κ1) is 10.7. The Hall–Kier alpha value is 0.722. The van der Waals surface area contributed by atoms with Crippen molar-refractivity contribution in [1.82, 2.24) is 0 Å². The second kappa shape index (κ2) is 9.87. The maximum atomic E-state index is 9.55. The summed E-state index contributed by atoms with van der Waals surface area (Å²) in [5.74, 6) is 2.14. The van der Waals surface area contributed by atoms with Crippen LogP contribution < -0.4 is 0 Å². The van der Waals surface area contributed by atoms with Gasteiger partial charge in [0.15, 0.2) is 8.03 Å². The van der Waals surface area contributed by atoms with E-state index in [-0.39, 0.29) is 0 Å². The first-order chi connectivity index (χ1) is 3.27. The molecule has 2 nitrogen and oxygen atoms in total. The molecule has 0 aromatic rings. The van der Waals surface area contributed by atoms with Gasteiger partial charge >= 0.3 is 0 Å². The summed E-state index contributed by atoms with van der Waals surface area (Å²) in [6.45, 7) is 1.68. The van der Waals surface area contributed by atoms with Gasteiger partial charge in [-0.1, -0.05) is 6.92 Å². The van der Waals surface area contributed by atoms with Crippen molar-refractivity contribution in [2.24, 2.45) is 0 Å². The van der Waals surface area contributed by atoms with E-state index in [0.717, 1.165) is 0 Å². The van der Waals surface area contributed by atoms with Crippen LogP contribution in [-0.4, -0.2) is 27.3 Å². The summed E-state index contributed by atoms with van der Waals surface area (Å²) in [5.41, 5.74) is 0. The summed E-state index contributed by atoms with van der Waals surface area (Å²) in [6, 6.07) is 0. The highest BCUT2D eigenvalue weighted by Gasteiger charge is 1.76. The minimum atomic E-state index is -2.12. The molecule has 0 bridgehead atoms. The molecule has 0 fully saturated rings. The molecule has 0 radical (unpaired) electrons. The molecule has 1 N–H and O–H groups in total. The van der Waals surface area contributed by atoms with Gasteiger partial charge in [0.2, 0.25) is 16.3 Å². The first-order valence-corrected chi connectivity index (χ1v) is 6.05. The van der Waals surface area contributed by atoms with Crippen LogP contribution in [0.15, 0.2) is 0 Å². The Morgan fingerprint density at radius 1 is 1.71 bits per heavy atom. The molecule has 1 unspecified atom stereocenters. The summed E-state index contributed by atoms with van der Waals surface area (Å²) in [6.07, 6.45) is 0.407. The fraction of sp³-hybridized carbons (Fsp3) is 1.00. The predicted octanol–water partition coefficient (Wildman–Crippen LogP) is 0.141. The zero-order valence-electron chi connectivity index (χ0n) is 5.06. The van der Waals surface area contributed by atoms with Crippen LogP contribution in [0.25, 0.3) is 0 Å². The number of hydrogen-bond acceptors (Lipinski definition) is 1. The lowest BCUT2D eigenvalue weighted by molar-refractivity contribution is 0.504. The molecule has 0 amide bonds. The monoisotopic (exact) mass is 138 g/mol. The largest absolute Gasteiger partial charge is 0.346 e. The van der Waals surface area contributed by atoms with E-state index in [9.17, 15) is 4.57 Å². The van der Waals surface area contributed by atoms with Gasteiger partial charge in [-0.2, -0.15) is 0 Å². The highest BCUT2D eigenvalue weighted by atomic mass is 31.1. The standard InChI is InChI=1S/C2H7O2P.CH3.Al.2H/c1-2-5(3)4;;;;/h5H,2H2,1H3,(H,3,4);1H3;;;. The van der Waals surface area contributed by atoms with Gasteiger partial charge in [0, 0.05) is 6.16 Å². The van der Waals surface area contributed by atoms with Crippen LogP contribution in [0.4, 0.5) is 0 Å². The van der Waals surface area contributed by atoms with Crippen molar-refractivity contribution in [3.05, 3.63) is 0 Å². The number of hydrogen-bond donors (Lipinski definition) is 1. The fourth-order valence-corrected chi connectivity index (χ4v) is 0. The SMILES string of the molecule is CC[PH](=O)O.[CH3][AlH2]. The van der Waals surface area contributed by atoms with E-state index in [1.54, 1.807) is 6.92 Å². The molecule has 0 aliphatic rings. The van der Waals surface area contributed by atoms with Crippen LogP contribution in [0.2, 0.25) is 5.79 Å². The minimum absolute atomic E-state index is 0.407. The Balaban J connectivity index is 0. The van der Waals surface area contributed by atoms with E-state index in [1.807, 2.05) is 0 Å². The van der Waals surface area contributed by atoms with Crippen molar-refractivity contribution >= 4 is 24.3 Å². The Bertz CT molecular complexity index is 48.2. The summed E-state index contributed by atoms with van der Waals surface area (Å²) in [7, 11) is -2.12. The molecule has 4 heteroatoms. The number of rotatable bonds is 1. The van der Waals surface area contributed by atoms with E-state index in [2.05, 4.69) is 5.79 Å². The minimum Gasteiger partial charge on any atom is -0.346 e. The predicted molar refractivity (Wildman–Crippen MR) is 36.2 cm³/mol. The molecular weight excluding hydrogens is 126 g/mol. The third kappa shape index (κ3) is 20.2. The van der Waals surface area contributed by atoms with Crippen LogP contribution >= 0.6 is 8.03 Å². The van der Waals surface area contributed by atoms with Crippen molar-refractivity contribution in [3.8, 4) is 0 Å². The molecule has 0 spiro atoms. The summed E-state index contributed by atoms with van der Waals surface area (Å²) >= 11 is 1.31. The molecule has 0 aliphatic carbocycles. The lowest BCUT2D eigenvalue weighted by Gasteiger charge is -1.74. The van der Waals surface area contributed by atoms with Gasteiger partial charge < -0.3 is 4.89 Å². The van der Waals surface area contributed by atoms with Crippen LogP contribution in [-0.2, 0) is 4.57 Å². The van der Waals surface area contributed by atoms with Gasteiger partial charge in [-0.25, -0.2) is 0 Å². The van der Waals surface area contributed by atoms with Gasteiger partial charge in [-0.15, -0.1) is 5.79 Å². The van der Waals surface area contributed by atoms with Crippen LogP contribution in [0, 0.1) is 0 Å². The third-order valence-corrected chi connectivity index (χ3v) is 0.907. The Morgan fingerprint density at radius 2 is 1.86 bits per heavy atom. The van der Waals surface area contributed by atoms with Crippen molar-refractivity contribution < 1.29 is 9.46 Å². The Morgan fingerprint density at radius 3 is 1.86 bits per heavy atom. The third-order valence-electron chi connectivity index (χ3n) is 0.302. The van der Waals surface area contributed by atoms with Crippen LogP contribution in [0.1, 0.15) is 6.92 Å². The molecule has 0 saturated carbocycles. The average Bonchev–Trinajstić information content (AvgIpc) is 1.73. The van der Waals surface area contributed by atoms with Gasteiger partial charge in [-0.05, 0) is 0 Å². The normalized spacial score (nSPS) is 11.3. The molecular formula is C3H12AlO2P. The molecule has 7 heavy (non-hydrogen) atoms. The zero-order valence-corrected chi connectivity index (χ0v) is 8.06. The molecule has 0 aromatic heterocycles. The van der Waals surface area contributed by atoms with Crippen molar-refractivity contribution in [2.45, 2.75) is 12.7 Å². The van der Waals surface area contributed by atoms with E-state index in [0.29, 0.717) is 6.16 Å². The van der Waals surface area contributed by atoms with Crippen LogP contribution in [0.3, 0.4) is 0 Å². The van der Waals surface area contributed by atoms with Crippen molar-refractivity contribution in [2.75, 3.05) is 6.16 Å². The molecule has 0 aliphatic heterocycles. The molecule has 1 atom stereocenters. The maximum Gasteiger partial charge on any atom is 0.207 e. The summed E-state index contributed by atoms with van der Waals surface area (Å²) in [4.78, 5) is 7.91. The zero-order chi connectivity index (χ0) is 6.28. The Kier molecular flexibility index (Phi) is 15.0. The molecule has 44 valence electrons. The van der Waals surface area contributed by atoms with E-state index in [1.165, 1.54) is 16.3 Å². The first-order valence-electron chi connectivity index (χ1n) is 2.49. The summed E-state index contributed by atoms with van der Waals surface area (Å²) < 4.78 is 9.55. The molecule has 0 aromatic carbocycles. The van der Waals surface area contributed by atoms with Gasteiger partial charge in [0.05, 0.1) is 0 Å². The fourth-order valence-electron chi connectivity index (χ4n) is 0. The quantitative estimate of drug-likeness (QED) is 0.413. The second-order valence-electron chi connectivity index (χ2n) is 0.747. The van der Waals surface area contributed by atoms with Crippen molar-refractivity contribution in [3.63, 3.8) is 0 Å². The maximum absolute atomic E-state index is 9.55. The lowest BCUT2D eigenvalue weighted by Crippen LogP contribution is -1.56. The lowest BCUT2D eigenvalue weighted by atomic mass is 11.0. The molecule has 0 saturated heterocycles. The van der Waals surface area contributed by atoms with Crippen LogP contribution in [0.5, 0.6) is 0 Å². The highest BCUT2D eigenvalue weighted by Crippen LogP contribution is 2.08. The van der Waals surface area contributed by atoms with E-state index >= 15 is 0 Å². The van der Waals surface area contributed by atoms with E-state index < -0.39 is 8.03 Å². The topological polar surface area (TPSA) is 37.3 Å². The smallest absolute Gasteiger partial charge is 0.207 e. The highest BCUT2D eigenvalue weighted by molar-refractivity contribution is 7.37. The van der Waals surface area contributed by atoms with E-state index in [4.69, 9.17) is 4.89 Å². The van der Waals surface area contributed by atoms with Crippen molar-refractivity contribution in [1.29, 1.82) is 0 Å². The Labute approximate surface area is 53.2 Å². The van der Waals surface area contributed by atoms with Gasteiger partial charge in [0.25, 0.3) is 0 Å². The molecule has 0 rings (SSSR count). The second-order valence-corrected chi connectivity index (χ2v) is 2.24. The van der Waals surface area contributed by atoms with Gasteiger partial charge in [0.1, 0.15) is 0 Å². The van der Waals surface area contributed by atoms with Gasteiger partial charge in [-0.3, -0.25) is 4.57 Å². The molecule has 0 heterocycles. The summed E-state index contributed by atoms with van der Waals surface area (Å²) in [5, 5.41) is 0. The average molecular weight is 138 g/mol.